The number of rotatable bonds is 4. The molecule has 98 valence electrons. The number of amides is 2. The third-order valence-electron chi connectivity index (χ3n) is 2.71. The highest BCUT2D eigenvalue weighted by Crippen LogP contribution is 2.09. The van der Waals surface area contributed by atoms with Gasteiger partial charge in [-0.2, -0.15) is 0 Å². The number of halogens is 1. The van der Waals surface area contributed by atoms with Crippen molar-refractivity contribution in [1.29, 1.82) is 0 Å². The molecule has 3 nitrogen and oxygen atoms in total. The van der Waals surface area contributed by atoms with Gasteiger partial charge in [0.05, 0.1) is 0 Å². The van der Waals surface area contributed by atoms with Gasteiger partial charge in [-0.15, -0.1) is 0 Å². The predicted octanol–water partition coefficient (Wildman–Crippen LogP) is 3.70. The lowest BCUT2D eigenvalue weighted by Gasteiger charge is -2.08. The number of allylic oxidation sites excluding steroid dienone is 1. The van der Waals surface area contributed by atoms with E-state index in [1.165, 1.54) is 0 Å². The van der Waals surface area contributed by atoms with Crippen molar-refractivity contribution >= 4 is 17.6 Å². The van der Waals surface area contributed by atoms with Crippen LogP contribution in [0.1, 0.15) is 26.3 Å². The van der Waals surface area contributed by atoms with Gasteiger partial charge in [-0.05, 0) is 30.5 Å². The van der Waals surface area contributed by atoms with Crippen molar-refractivity contribution in [3.05, 3.63) is 46.6 Å². The molecule has 0 radical (unpaired) electrons. The van der Waals surface area contributed by atoms with Crippen molar-refractivity contribution in [1.82, 2.24) is 10.6 Å². The molecule has 0 spiro atoms. The molecule has 0 aromatic heterocycles. The van der Waals surface area contributed by atoms with Crippen LogP contribution in [0.2, 0.25) is 5.02 Å². The van der Waals surface area contributed by atoms with Crippen LogP contribution in [0.3, 0.4) is 0 Å². The van der Waals surface area contributed by atoms with Crippen molar-refractivity contribution in [2.75, 3.05) is 0 Å². The van der Waals surface area contributed by atoms with Gasteiger partial charge in [-0.3, -0.25) is 0 Å². The topological polar surface area (TPSA) is 41.1 Å². The number of hydrogen-bond acceptors (Lipinski definition) is 1. The zero-order chi connectivity index (χ0) is 13.5. The van der Waals surface area contributed by atoms with Crippen LogP contribution in [0.4, 0.5) is 4.79 Å². The lowest BCUT2D eigenvalue weighted by molar-refractivity contribution is 0.243. The smallest absolute Gasteiger partial charge is 0.319 e. The van der Waals surface area contributed by atoms with Crippen LogP contribution in [0.25, 0.3) is 0 Å². The monoisotopic (exact) mass is 266 g/mol. The molecule has 0 unspecified atom stereocenters. The fourth-order valence-electron chi connectivity index (χ4n) is 1.18. The highest BCUT2D eigenvalue weighted by atomic mass is 35.5. The lowest BCUT2D eigenvalue weighted by Crippen LogP contribution is -2.32. The van der Waals surface area contributed by atoms with Crippen LogP contribution >= 0.6 is 11.6 Å². The summed E-state index contributed by atoms with van der Waals surface area (Å²) in [5, 5.41) is 6.18. The van der Waals surface area contributed by atoms with Crippen LogP contribution in [-0.4, -0.2) is 6.03 Å². The van der Waals surface area contributed by atoms with E-state index in [9.17, 15) is 4.79 Å². The summed E-state index contributed by atoms with van der Waals surface area (Å²) in [7, 11) is 0. The quantitative estimate of drug-likeness (QED) is 0.857. The number of benzene rings is 1. The van der Waals surface area contributed by atoms with Gasteiger partial charge in [0, 0.05) is 17.8 Å². The van der Waals surface area contributed by atoms with Gasteiger partial charge in [-0.1, -0.05) is 43.2 Å². The number of urea groups is 1. The summed E-state index contributed by atoms with van der Waals surface area (Å²) in [6.07, 6.45) is 1.74. The second-order valence-electron chi connectivity index (χ2n) is 4.50. The van der Waals surface area contributed by atoms with Gasteiger partial charge in [-0.25, -0.2) is 4.79 Å². The summed E-state index contributed by atoms with van der Waals surface area (Å²) in [6, 6.07) is 7.18. The van der Waals surface area contributed by atoms with Crippen molar-refractivity contribution < 1.29 is 4.79 Å². The molecule has 0 heterocycles. The van der Waals surface area contributed by atoms with Crippen LogP contribution in [-0.2, 0) is 6.54 Å². The Balaban J connectivity index is 2.38. The molecule has 0 saturated carbocycles. The molecule has 1 aromatic rings. The molecule has 2 amide bonds. The van der Waals surface area contributed by atoms with E-state index in [1.54, 1.807) is 18.3 Å². The standard InChI is InChI=1S/C14H19ClN2O/c1-10(2)11(3)8-16-14(18)17-9-12-4-6-13(15)7-5-12/h4-8,10H,9H2,1-3H3,(H2,16,17,18)/b11-8+. The highest BCUT2D eigenvalue weighted by molar-refractivity contribution is 6.30. The minimum atomic E-state index is -0.204. The van der Waals surface area contributed by atoms with Crippen LogP contribution < -0.4 is 10.6 Å². The van der Waals surface area contributed by atoms with Crippen molar-refractivity contribution in [2.45, 2.75) is 27.3 Å². The zero-order valence-corrected chi connectivity index (χ0v) is 11.7. The molecular weight excluding hydrogens is 248 g/mol. The third-order valence-corrected chi connectivity index (χ3v) is 2.96. The Kier molecular flexibility index (Phi) is 5.72. The lowest BCUT2D eigenvalue weighted by atomic mass is 10.1. The molecule has 0 aliphatic carbocycles. The Morgan fingerprint density at radius 1 is 1.33 bits per heavy atom. The number of hydrogen-bond donors (Lipinski definition) is 2. The second-order valence-corrected chi connectivity index (χ2v) is 4.93. The number of nitrogens with one attached hydrogen (secondary N) is 2. The van der Waals surface area contributed by atoms with Gasteiger partial charge in [0.25, 0.3) is 0 Å². The predicted molar refractivity (Wildman–Crippen MR) is 75.4 cm³/mol. The minimum Gasteiger partial charge on any atom is -0.334 e. The molecule has 0 bridgehead atoms. The van der Waals surface area contributed by atoms with E-state index < -0.39 is 0 Å². The first-order valence-electron chi connectivity index (χ1n) is 5.94. The van der Waals surface area contributed by atoms with Gasteiger partial charge in [0.1, 0.15) is 0 Å². The fraction of sp³-hybridized carbons (Fsp3) is 0.357. The van der Waals surface area contributed by atoms with Gasteiger partial charge < -0.3 is 10.6 Å². The Bertz CT molecular complexity index is 424. The summed E-state index contributed by atoms with van der Waals surface area (Å²) < 4.78 is 0. The van der Waals surface area contributed by atoms with E-state index in [0.717, 1.165) is 11.1 Å². The summed E-state index contributed by atoms with van der Waals surface area (Å²) in [5.41, 5.74) is 2.15. The molecule has 0 saturated heterocycles. The van der Waals surface area contributed by atoms with Crippen molar-refractivity contribution in [3.8, 4) is 0 Å². The molecule has 1 aromatic carbocycles. The first-order valence-corrected chi connectivity index (χ1v) is 6.32. The van der Waals surface area contributed by atoms with Gasteiger partial charge in [0.15, 0.2) is 0 Å². The van der Waals surface area contributed by atoms with Gasteiger partial charge >= 0.3 is 6.03 Å². The molecule has 0 fully saturated rings. The van der Waals surface area contributed by atoms with Gasteiger partial charge in [0.2, 0.25) is 0 Å². The maximum atomic E-state index is 11.5. The fourth-order valence-corrected chi connectivity index (χ4v) is 1.31. The Morgan fingerprint density at radius 3 is 2.50 bits per heavy atom. The normalized spacial score (nSPS) is 11.5. The molecule has 2 N–H and O–H groups in total. The van der Waals surface area contributed by atoms with E-state index >= 15 is 0 Å². The average Bonchev–Trinajstić information content (AvgIpc) is 2.35. The molecule has 0 aliphatic rings. The number of carbonyl (C=O) groups is 1. The SMILES string of the molecule is C/C(=C\NC(=O)NCc1ccc(Cl)cc1)C(C)C. The summed E-state index contributed by atoms with van der Waals surface area (Å²) in [4.78, 5) is 11.5. The maximum Gasteiger partial charge on any atom is 0.319 e. The van der Waals surface area contributed by atoms with E-state index in [1.807, 2.05) is 19.1 Å². The van der Waals surface area contributed by atoms with Crippen LogP contribution in [0, 0.1) is 5.92 Å². The zero-order valence-electron chi connectivity index (χ0n) is 11.0. The Hall–Kier alpha value is -1.48. The van der Waals surface area contributed by atoms with E-state index in [4.69, 9.17) is 11.6 Å². The molecule has 0 aliphatic heterocycles. The Morgan fingerprint density at radius 2 is 1.94 bits per heavy atom. The summed E-state index contributed by atoms with van der Waals surface area (Å²) in [6.45, 7) is 6.64. The first-order chi connectivity index (χ1) is 8.49. The summed E-state index contributed by atoms with van der Waals surface area (Å²) in [5.74, 6) is 0.432. The van der Waals surface area contributed by atoms with Crippen molar-refractivity contribution in [2.24, 2.45) is 5.92 Å². The average molecular weight is 267 g/mol. The van der Waals surface area contributed by atoms with E-state index in [2.05, 4.69) is 24.5 Å². The van der Waals surface area contributed by atoms with E-state index in [-0.39, 0.29) is 6.03 Å². The Labute approximate surface area is 113 Å². The van der Waals surface area contributed by atoms with Crippen molar-refractivity contribution in [3.63, 3.8) is 0 Å². The largest absolute Gasteiger partial charge is 0.334 e. The molecular formula is C14H19ClN2O. The van der Waals surface area contributed by atoms with E-state index in [0.29, 0.717) is 17.5 Å². The molecule has 1 rings (SSSR count). The molecule has 18 heavy (non-hydrogen) atoms. The number of carbonyl (C=O) groups excluding carboxylic acids is 1. The minimum absolute atomic E-state index is 0.204. The summed E-state index contributed by atoms with van der Waals surface area (Å²) >= 11 is 5.78. The highest BCUT2D eigenvalue weighted by Gasteiger charge is 2.00. The third kappa shape index (κ3) is 5.23. The first kappa shape index (κ1) is 14.6. The van der Waals surface area contributed by atoms with Crippen LogP contribution in [0.5, 0.6) is 0 Å². The van der Waals surface area contributed by atoms with Crippen LogP contribution in [0.15, 0.2) is 36.0 Å². The maximum absolute atomic E-state index is 11.5. The molecule has 4 heteroatoms. The molecule has 0 atom stereocenters. The second kappa shape index (κ2) is 7.07.